The molecule has 0 saturated carbocycles. The fraction of sp³-hybridized carbons (Fsp3) is 0.733. The van der Waals surface area contributed by atoms with Crippen LogP contribution < -0.4 is 11.5 Å². The Morgan fingerprint density at radius 1 is 1.04 bits per heavy atom. The smallest absolute Gasteiger partial charge is 0.383 e. The lowest BCUT2D eigenvalue weighted by Gasteiger charge is -2.53. The summed E-state index contributed by atoms with van der Waals surface area (Å²) in [5, 5.41) is 0. The average molecular weight is 331 g/mol. The Kier molecular flexibility index (Phi) is 4.04. The second kappa shape index (κ2) is 5.22. The number of rotatable bonds is 1. The molecule has 0 bridgehead atoms. The number of nitrogens with two attached hydrogens (primary N) is 2. The first-order valence-corrected chi connectivity index (χ1v) is 7.50. The van der Waals surface area contributed by atoms with Crippen molar-refractivity contribution < 1.29 is 13.2 Å². The fourth-order valence-electron chi connectivity index (χ4n) is 3.67. The first kappa shape index (κ1) is 17.8. The molecule has 1 aromatic rings. The number of hydrogen-bond donors (Lipinski definition) is 2. The van der Waals surface area contributed by atoms with Crippen LogP contribution in [0, 0.1) is 0 Å². The monoisotopic (exact) mass is 331 g/mol. The molecule has 0 aromatic carbocycles. The minimum Gasteiger partial charge on any atom is -0.383 e. The maximum Gasteiger partial charge on any atom is 0.421 e. The Morgan fingerprint density at radius 3 is 1.96 bits per heavy atom. The highest BCUT2D eigenvalue weighted by Gasteiger charge is 2.47. The van der Waals surface area contributed by atoms with Crippen LogP contribution >= 0.6 is 0 Å². The van der Waals surface area contributed by atoms with E-state index >= 15 is 0 Å². The second-order valence-electron chi connectivity index (χ2n) is 7.51. The van der Waals surface area contributed by atoms with Gasteiger partial charge in [0.25, 0.3) is 0 Å². The quantitative estimate of drug-likeness (QED) is 0.827. The third kappa shape index (κ3) is 3.22. The number of halogens is 3. The average Bonchev–Trinajstić information content (AvgIpc) is 2.32. The Hall–Kier alpha value is -1.57. The van der Waals surface area contributed by atoms with Crippen molar-refractivity contribution in [1.29, 1.82) is 0 Å². The molecule has 23 heavy (non-hydrogen) atoms. The number of hydrogen-bond acceptors (Lipinski definition) is 5. The van der Waals surface area contributed by atoms with Crippen molar-refractivity contribution >= 4 is 11.8 Å². The molecule has 0 radical (unpaired) electrons. The van der Waals surface area contributed by atoms with Crippen molar-refractivity contribution in [3.63, 3.8) is 0 Å². The van der Waals surface area contributed by atoms with E-state index in [1.54, 1.807) is 0 Å². The predicted octanol–water partition coefficient (Wildman–Crippen LogP) is 3.03. The lowest BCUT2D eigenvalue weighted by molar-refractivity contribution is -0.138. The van der Waals surface area contributed by atoms with E-state index in [2.05, 4.69) is 14.9 Å². The van der Waals surface area contributed by atoms with E-state index in [4.69, 9.17) is 11.5 Å². The van der Waals surface area contributed by atoms with Gasteiger partial charge in [-0.3, -0.25) is 4.90 Å². The van der Waals surface area contributed by atoms with Gasteiger partial charge in [0.05, 0.1) is 5.69 Å². The van der Waals surface area contributed by atoms with Crippen LogP contribution in [0.15, 0.2) is 0 Å². The maximum atomic E-state index is 13.4. The normalized spacial score (nSPS) is 22.3. The van der Waals surface area contributed by atoms with Gasteiger partial charge in [-0.2, -0.15) is 18.2 Å². The van der Waals surface area contributed by atoms with E-state index in [1.807, 2.05) is 34.7 Å². The summed E-state index contributed by atoms with van der Waals surface area (Å²) in [6, 6.07) is 0. The van der Waals surface area contributed by atoms with Crippen molar-refractivity contribution in [3.05, 3.63) is 11.3 Å². The number of piperidine rings is 1. The summed E-state index contributed by atoms with van der Waals surface area (Å²) in [7, 11) is 1.99. The summed E-state index contributed by atoms with van der Waals surface area (Å²) in [6.45, 7) is 8.06. The van der Waals surface area contributed by atoms with Crippen LogP contribution in [0.1, 0.15) is 57.7 Å². The van der Waals surface area contributed by atoms with Gasteiger partial charge in [0.15, 0.2) is 0 Å². The van der Waals surface area contributed by atoms with Gasteiger partial charge >= 0.3 is 6.18 Å². The summed E-state index contributed by atoms with van der Waals surface area (Å²) in [5.74, 6) is -1.21. The van der Waals surface area contributed by atoms with E-state index < -0.39 is 17.6 Å². The molecule has 1 saturated heterocycles. The number of nitrogen functional groups attached to an aromatic ring is 2. The fourth-order valence-corrected chi connectivity index (χ4v) is 3.67. The van der Waals surface area contributed by atoms with Gasteiger partial charge in [0.2, 0.25) is 5.95 Å². The first-order chi connectivity index (χ1) is 10.3. The molecule has 5 nitrogen and oxygen atoms in total. The number of aromatic nitrogens is 2. The third-order valence-electron chi connectivity index (χ3n) is 4.96. The second-order valence-corrected chi connectivity index (χ2v) is 7.51. The molecular formula is C15H24F3N5. The number of nitrogens with zero attached hydrogens (tertiary/aromatic N) is 3. The molecular weight excluding hydrogens is 307 g/mol. The van der Waals surface area contributed by atoms with Crippen molar-refractivity contribution in [1.82, 2.24) is 14.9 Å². The van der Waals surface area contributed by atoms with Crippen LogP contribution in [-0.4, -0.2) is 33.0 Å². The molecule has 0 spiro atoms. The third-order valence-corrected chi connectivity index (χ3v) is 4.96. The highest BCUT2D eigenvalue weighted by molar-refractivity contribution is 5.49. The highest BCUT2D eigenvalue weighted by Crippen LogP contribution is 2.47. The van der Waals surface area contributed by atoms with Crippen LogP contribution in [0.4, 0.5) is 24.9 Å². The molecule has 2 heterocycles. The van der Waals surface area contributed by atoms with Crippen LogP contribution in [0.3, 0.4) is 0 Å². The summed E-state index contributed by atoms with van der Waals surface area (Å²) in [6.07, 6.45) is -3.54. The van der Waals surface area contributed by atoms with Crippen molar-refractivity contribution in [2.75, 3.05) is 18.5 Å². The lowest BCUT2D eigenvalue weighted by atomic mass is 9.72. The summed E-state index contributed by atoms with van der Waals surface area (Å²) in [5.41, 5.74) is 9.49. The molecule has 1 aliphatic heterocycles. The van der Waals surface area contributed by atoms with Gasteiger partial charge < -0.3 is 11.5 Å². The zero-order chi connectivity index (χ0) is 17.8. The Balaban J connectivity index is 2.58. The first-order valence-electron chi connectivity index (χ1n) is 7.50. The van der Waals surface area contributed by atoms with E-state index in [0.29, 0.717) is 12.8 Å². The van der Waals surface area contributed by atoms with Crippen LogP contribution in [0.25, 0.3) is 0 Å². The molecule has 2 rings (SSSR count). The Labute approximate surface area is 134 Å². The Morgan fingerprint density at radius 2 is 1.52 bits per heavy atom. The molecule has 0 amide bonds. The molecule has 1 aliphatic rings. The SMILES string of the molecule is CN1C(C)(C)CC(c2nc(N)nc(N)c2C(F)(F)F)CC1(C)C. The van der Waals surface area contributed by atoms with Gasteiger partial charge in [0, 0.05) is 17.0 Å². The zero-order valence-corrected chi connectivity index (χ0v) is 14.1. The van der Waals surface area contributed by atoms with Gasteiger partial charge in [-0.05, 0) is 47.6 Å². The van der Waals surface area contributed by atoms with Crippen LogP contribution in [0.2, 0.25) is 0 Å². The molecule has 8 heteroatoms. The van der Waals surface area contributed by atoms with E-state index in [1.165, 1.54) is 0 Å². The summed E-state index contributed by atoms with van der Waals surface area (Å²) in [4.78, 5) is 9.62. The van der Waals surface area contributed by atoms with Crippen LogP contribution in [-0.2, 0) is 6.18 Å². The van der Waals surface area contributed by atoms with Crippen molar-refractivity contribution in [2.45, 2.75) is 63.7 Å². The standard InChI is InChI=1S/C15H24F3N5/c1-13(2)6-8(7-14(3,4)23(13)5)10-9(15(16,17)18)11(19)22-12(20)21-10/h8H,6-7H2,1-5H3,(H4,19,20,21,22). The molecule has 130 valence electrons. The molecule has 1 fully saturated rings. The molecule has 0 unspecified atom stereocenters. The number of anilines is 2. The number of likely N-dealkylation sites (tertiary alicyclic amines) is 1. The summed E-state index contributed by atoms with van der Waals surface area (Å²) < 4.78 is 40.3. The van der Waals surface area contributed by atoms with Gasteiger partial charge in [0.1, 0.15) is 11.4 Å². The highest BCUT2D eigenvalue weighted by atomic mass is 19.4. The van der Waals surface area contributed by atoms with Crippen LogP contribution in [0.5, 0.6) is 0 Å². The van der Waals surface area contributed by atoms with E-state index in [-0.39, 0.29) is 28.6 Å². The minimum absolute atomic E-state index is 0.0863. The number of alkyl halides is 3. The molecule has 1 aromatic heterocycles. The van der Waals surface area contributed by atoms with E-state index in [0.717, 1.165) is 0 Å². The van der Waals surface area contributed by atoms with Gasteiger partial charge in [-0.25, -0.2) is 4.98 Å². The maximum absolute atomic E-state index is 13.4. The predicted molar refractivity (Wildman–Crippen MR) is 83.8 cm³/mol. The van der Waals surface area contributed by atoms with Crippen molar-refractivity contribution in [2.24, 2.45) is 0 Å². The van der Waals surface area contributed by atoms with Crippen molar-refractivity contribution in [3.8, 4) is 0 Å². The topological polar surface area (TPSA) is 81.1 Å². The lowest BCUT2D eigenvalue weighted by Crippen LogP contribution is -2.58. The van der Waals surface area contributed by atoms with Gasteiger partial charge in [-0.1, -0.05) is 0 Å². The minimum atomic E-state index is -4.61. The zero-order valence-electron chi connectivity index (χ0n) is 14.1. The Bertz CT molecular complexity index is 592. The largest absolute Gasteiger partial charge is 0.421 e. The molecule has 0 atom stereocenters. The summed E-state index contributed by atoms with van der Waals surface area (Å²) >= 11 is 0. The molecule has 4 N–H and O–H groups in total. The molecule has 0 aliphatic carbocycles. The van der Waals surface area contributed by atoms with Gasteiger partial charge in [-0.15, -0.1) is 0 Å². The van der Waals surface area contributed by atoms with E-state index in [9.17, 15) is 13.2 Å².